The summed E-state index contributed by atoms with van der Waals surface area (Å²) in [4.78, 5) is 11.4. The van der Waals surface area contributed by atoms with Crippen molar-refractivity contribution in [2.75, 3.05) is 13.1 Å². The summed E-state index contributed by atoms with van der Waals surface area (Å²) in [6, 6.07) is 6.23. The van der Waals surface area contributed by atoms with Crippen molar-refractivity contribution in [2.45, 2.75) is 37.8 Å². The monoisotopic (exact) mass is 280 g/mol. The smallest absolute Gasteiger partial charge is 0.220 e. The van der Waals surface area contributed by atoms with E-state index in [2.05, 4.69) is 10.6 Å². The third-order valence-corrected chi connectivity index (χ3v) is 3.29. The van der Waals surface area contributed by atoms with Crippen LogP contribution in [0.25, 0.3) is 0 Å². The van der Waals surface area contributed by atoms with Gasteiger partial charge in [0.2, 0.25) is 5.91 Å². The number of benzene rings is 1. The molecule has 0 aromatic heterocycles. The minimum absolute atomic E-state index is 0.105. The quantitative estimate of drug-likeness (QED) is 0.633. The van der Waals surface area contributed by atoms with E-state index in [0.29, 0.717) is 31.1 Å². The van der Waals surface area contributed by atoms with E-state index in [4.69, 9.17) is 0 Å². The van der Waals surface area contributed by atoms with Crippen LogP contribution >= 0.6 is 0 Å². The number of hydrogen-bond acceptors (Lipinski definition) is 3. The molecule has 5 heteroatoms. The van der Waals surface area contributed by atoms with Gasteiger partial charge in [-0.3, -0.25) is 4.79 Å². The third kappa shape index (κ3) is 5.27. The average Bonchev–Trinajstić information content (AvgIpc) is 3.22. The van der Waals surface area contributed by atoms with Crippen molar-refractivity contribution >= 4 is 5.91 Å². The van der Waals surface area contributed by atoms with Gasteiger partial charge in [0.15, 0.2) is 0 Å². The second-order valence-electron chi connectivity index (χ2n) is 5.22. The molecule has 1 aromatic rings. The highest BCUT2D eigenvalue weighted by atomic mass is 19.1. The summed E-state index contributed by atoms with van der Waals surface area (Å²) in [7, 11) is 0. The van der Waals surface area contributed by atoms with Crippen LogP contribution in [0.3, 0.4) is 0 Å². The number of aliphatic hydroxyl groups excluding tert-OH is 1. The summed E-state index contributed by atoms with van der Waals surface area (Å²) in [6.45, 7) is 1.08. The first-order valence-electron chi connectivity index (χ1n) is 7.09. The van der Waals surface area contributed by atoms with Crippen molar-refractivity contribution in [3.05, 3.63) is 35.6 Å². The Morgan fingerprint density at radius 2 is 2.05 bits per heavy atom. The SMILES string of the molecule is O=C(CCCNCC(O)c1ccc(F)cc1)NC1CC1. The van der Waals surface area contributed by atoms with Crippen LogP contribution in [0.2, 0.25) is 0 Å². The summed E-state index contributed by atoms with van der Waals surface area (Å²) >= 11 is 0. The molecule has 1 aliphatic carbocycles. The number of carbonyl (C=O) groups excluding carboxylic acids is 1. The summed E-state index contributed by atoms with van der Waals surface area (Å²) in [5.74, 6) is -0.205. The molecular formula is C15H21FN2O2. The molecular weight excluding hydrogens is 259 g/mol. The van der Waals surface area contributed by atoms with Crippen LogP contribution in [0, 0.1) is 5.82 Å². The molecule has 1 atom stereocenters. The van der Waals surface area contributed by atoms with Gasteiger partial charge in [0, 0.05) is 19.0 Å². The fraction of sp³-hybridized carbons (Fsp3) is 0.533. The van der Waals surface area contributed by atoms with E-state index >= 15 is 0 Å². The van der Waals surface area contributed by atoms with Crippen molar-refractivity contribution in [3.8, 4) is 0 Å². The van der Waals surface area contributed by atoms with Crippen LogP contribution < -0.4 is 10.6 Å². The molecule has 1 aliphatic rings. The van der Waals surface area contributed by atoms with E-state index < -0.39 is 6.10 Å². The van der Waals surface area contributed by atoms with E-state index in [9.17, 15) is 14.3 Å². The maximum atomic E-state index is 12.7. The number of halogens is 1. The topological polar surface area (TPSA) is 61.4 Å². The molecule has 1 unspecified atom stereocenters. The number of nitrogens with one attached hydrogen (secondary N) is 2. The molecule has 1 saturated carbocycles. The summed E-state index contributed by atoms with van der Waals surface area (Å²) in [5, 5.41) is 15.9. The Balaban J connectivity index is 1.55. The number of rotatable bonds is 8. The average molecular weight is 280 g/mol. The first-order valence-corrected chi connectivity index (χ1v) is 7.09. The molecule has 1 amide bonds. The Kier molecular flexibility index (Phi) is 5.49. The van der Waals surface area contributed by atoms with Gasteiger partial charge in [-0.05, 0) is 43.5 Å². The number of hydrogen-bond donors (Lipinski definition) is 3. The Bertz CT molecular complexity index is 432. The van der Waals surface area contributed by atoms with Crippen molar-refractivity contribution in [1.29, 1.82) is 0 Å². The maximum absolute atomic E-state index is 12.7. The number of carbonyl (C=O) groups is 1. The second-order valence-corrected chi connectivity index (χ2v) is 5.22. The van der Waals surface area contributed by atoms with Crippen molar-refractivity contribution < 1.29 is 14.3 Å². The van der Waals surface area contributed by atoms with Gasteiger partial charge >= 0.3 is 0 Å². The fourth-order valence-corrected chi connectivity index (χ4v) is 1.94. The van der Waals surface area contributed by atoms with E-state index in [1.165, 1.54) is 12.1 Å². The van der Waals surface area contributed by atoms with Gasteiger partial charge < -0.3 is 15.7 Å². The van der Waals surface area contributed by atoms with Crippen LogP contribution in [-0.4, -0.2) is 30.1 Å². The molecule has 0 saturated heterocycles. The lowest BCUT2D eigenvalue weighted by atomic mass is 10.1. The Labute approximate surface area is 118 Å². The zero-order valence-electron chi connectivity index (χ0n) is 11.4. The van der Waals surface area contributed by atoms with Crippen LogP contribution in [0.15, 0.2) is 24.3 Å². The van der Waals surface area contributed by atoms with Gasteiger partial charge in [-0.1, -0.05) is 12.1 Å². The van der Waals surface area contributed by atoms with Gasteiger partial charge in [0.25, 0.3) is 0 Å². The van der Waals surface area contributed by atoms with E-state index in [1.54, 1.807) is 12.1 Å². The zero-order chi connectivity index (χ0) is 14.4. The van der Waals surface area contributed by atoms with Gasteiger partial charge in [-0.25, -0.2) is 4.39 Å². The fourth-order valence-electron chi connectivity index (χ4n) is 1.94. The van der Waals surface area contributed by atoms with Gasteiger partial charge in [-0.15, -0.1) is 0 Å². The molecule has 1 fully saturated rings. The molecule has 2 rings (SSSR count). The number of aliphatic hydroxyl groups is 1. The molecule has 0 spiro atoms. The first-order chi connectivity index (χ1) is 9.65. The minimum Gasteiger partial charge on any atom is -0.387 e. The van der Waals surface area contributed by atoms with Gasteiger partial charge in [0.1, 0.15) is 5.82 Å². The Morgan fingerprint density at radius 3 is 2.70 bits per heavy atom. The second kappa shape index (κ2) is 7.36. The maximum Gasteiger partial charge on any atom is 0.220 e. The highest BCUT2D eigenvalue weighted by Crippen LogP contribution is 2.18. The molecule has 0 heterocycles. The van der Waals surface area contributed by atoms with Crippen molar-refractivity contribution in [1.82, 2.24) is 10.6 Å². The molecule has 110 valence electrons. The van der Waals surface area contributed by atoms with Crippen LogP contribution in [0.1, 0.15) is 37.4 Å². The van der Waals surface area contributed by atoms with Crippen LogP contribution in [-0.2, 0) is 4.79 Å². The predicted octanol–water partition coefficient (Wildman–Crippen LogP) is 1.51. The lowest BCUT2D eigenvalue weighted by molar-refractivity contribution is -0.121. The summed E-state index contributed by atoms with van der Waals surface area (Å²) in [6.07, 6.45) is 2.81. The standard InChI is InChI=1S/C15H21FN2O2/c16-12-5-3-11(4-6-12)14(19)10-17-9-1-2-15(20)18-13-7-8-13/h3-6,13-14,17,19H,1-2,7-10H2,(H,18,20). The third-order valence-electron chi connectivity index (χ3n) is 3.29. The zero-order valence-corrected chi connectivity index (χ0v) is 11.4. The van der Waals surface area contributed by atoms with E-state index in [1.807, 2.05) is 0 Å². The lowest BCUT2D eigenvalue weighted by Gasteiger charge is -2.12. The lowest BCUT2D eigenvalue weighted by Crippen LogP contribution is -2.27. The normalized spacial score (nSPS) is 15.9. The largest absolute Gasteiger partial charge is 0.387 e. The van der Waals surface area contributed by atoms with Crippen molar-refractivity contribution in [2.24, 2.45) is 0 Å². The van der Waals surface area contributed by atoms with Gasteiger partial charge in [-0.2, -0.15) is 0 Å². The molecule has 0 radical (unpaired) electrons. The summed E-state index contributed by atoms with van der Waals surface area (Å²) in [5.41, 5.74) is 0.686. The molecule has 4 nitrogen and oxygen atoms in total. The van der Waals surface area contributed by atoms with E-state index in [-0.39, 0.29) is 11.7 Å². The Hall–Kier alpha value is -1.46. The minimum atomic E-state index is -0.657. The Morgan fingerprint density at radius 1 is 1.35 bits per heavy atom. The van der Waals surface area contributed by atoms with E-state index in [0.717, 1.165) is 19.3 Å². The first kappa shape index (κ1) is 14.9. The highest BCUT2D eigenvalue weighted by molar-refractivity contribution is 5.76. The van der Waals surface area contributed by atoms with Gasteiger partial charge in [0.05, 0.1) is 6.10 Å². The van der Waals surface area contributed by atoms with Crippen LogP contribution in [0.4, 0.5) is 4.39 Å². The molecule has 0 bridgehead atoms. The van der Waals surface area contributed by atoms with Crippen LogP contribution in [0.5, 0.6) is 0 Å². The molecule has 20 heavy (non-hydrogen) atoms. The predicted molar refractivity (Wildman–Crippen MR) is 74.6 cm³/mol. The highest BCUT2D eigenvalue weighted by Gasteiger charge is 2.22. The van der Waals surface area contributed by atoms with Crippen molar-refractivity contribution in [3.63, 3.8) is 0 Å². The summed E-state index contributed by atoms with van der Waals surface area (Å²) < 4.78 is 12.7. The number of amides is 1. The molecule has 3 N–H and O–H groups in total. The molecule has 0 aliphatic heterocycles. The molecule has 1 aromatic carbocycles.